The van der Waals surface area contributed by atoms with Crippen molar-refractivity contribution in [2.24, 2.45) is 0 Å². The van der Waals surface area contributed by atoms with Gasteiger partial charge in [0, 0.05) is 6.07 Å². The smallest absolute Gasteiger partial charge is 0.280 e. The van der Waals surface area contributed by atoms with E-state index in [1.165, 1.54) is 25.1 Å². The van der Waals surface area contributed by atoms with Gasteiger partial charge in [0.05, 0.1) is 10.5 Å². The number of hydrogen-bond acceptors (Lipinski definition) is 3. The molecular formula is C8H6BNO3. The quantitative estimate of drug-likeness (QED) is 0.286. The third kappa shape index (κ3) is 1.93. The monoisotopic (exact) mass is 175 g/mol. The summed E-state index contributed by atoms with van der Waals surface area (Å²) in [5.41, 5.74) is 0.183. The molecule has 0 amide bonds. The third-order valence-corrected chi connectivity index (χ3v) is 1.60. The van der Waals surface area contributed by atoms with Gasteiger partial charge in [0.15, 0.2) is 5.78 Å². The Hall–Kier alpha value is -1.65. The fourth-order valence-corrected chi connectivity index (χ4v) is 0.995. The van der Waals surface area contributed by atoms with Crippen molar-refractivity contribution in [3.05, 3.63) is 33.9 Å². The van der Waals surface area contributed by atoms with E-state index < -0.39 is 4.92 Å². The van der Waals surface area contributed by atoms with Crippen molar-refractivity contribution in [2.75, 3.05) is 0 Å². The van der Waals surface area contributed by atoms with Gasteiger partial charge < -0.3 is 0 Å². The number of ketones is 1. The molecule has 13 heavy (non-hydrogen) atoms. The molecule has 0 aromatic heterocycles. The zero-order valence-electron chi connectivity index (χ0n) is 6.98. The molecule has 5 heteroatoms. The first-order valence-corrected chi connectivity index (χ1v) is 3.57. The summed E-state index contributed by atoms with van der Waals surface area (Å²) in [6.45, 7) is 1.27. The zero-order valence-corrected chi connectivity index (χ0v) is 6.98. The number of nitro benzene ring substituents is 1. The number of hydrogen-bond donors (Lipinski definition) is 0. The summed E-state index contributed by atoms with van der Waals surface area (Å²) in [5, 5.41) is 10.5. The Kier molecular flexibility index (Phi) is 2.46. The Morgan fingerprint density at radius 3 is 2.62 bits per heavy atom. The van der Waals surface area contributed by atoms with Gasteiger partial charge in [-0.25, -0.2) is 0 Å². The Morgan fingerprint density at radius 1 is 1.54 bits per heavy atom. The van der Waals surface area contributed by atoms with E-state index in [1.807, 2.05) is 0 Å². The Balaban J connectivity index is 3.35. The molecule has 0 aliphatic rings. The SMILES string of the molecule is [B]c1ccc([N+](=O)[O-])c(C(C)=O)c1. The molecule has 0 saturated heterocycles. The van der Waals surface area contributed by atoms with Crippen LogP contribution in [0.5, 0.6) is 0 Å². The summed E-state index contributed by atoms with van der Waals surface area (Å²) in [6.07, 6.45) is 0. The molecule has 0 bridgehead atoms. The molecule has 0 N–H and O–H groups in total. The van der Waals surface area contributed by atoms with Gasteiger partial charge in [-0.3, -0.25) is 14.9 Å². The lowest BCUT2D eigenvalue weighted by Gasteiger charge is -1.99. The Morgan fingerprint density at radius 2 is 2.15 bits per heavy atom. The third-order valence-electron chi connectivity index (χ3n) is 1.60. The number of nitro groups is 1. The van der Waals surface area contributed by atoms with Crippen LogP contribution in [0.15, 0.2) is 18.2 Å². The predicted molar refractivity (Wildman–Crippen MR) is 48.5 cm³/mol. The van der Waals surface area contributed by atoms with E-state index in [1.54, 1.807) is 0 Å². The molecule has 0 spiro atoms. The summed E-state index contributed by atoms with van der Waals surface area (Å²) in [7, 11) is 5.39. The average Bonchev–Trinajstić information content (AvgIpc) is 2.03. The molecule has 0 aliphatic heterocycles. The predicted octanol–water partition coefficient (Wildman–Crippen LogP) is 0.591. The van der Waals surface area contributed by atoms with Crippen LogP contribution in [0, 0.1) is 10.1 Å². The van der Waals surface area contributed by atoms with Crippen LogP contribution in [-0.4, -0.2) is 18.6 Å². The number of nitrogens with zero attached hydrogens (tertiary/aromatic N) is 1. The molecule has 0 saturated carbocycles. The minimum atomic E-state index is -0.601. The number of rotatable bonds is 2. The van der Waals surface area contributed by atoms with Gasteiger partial charge in [-0.05, 0) is 6.92 Å². The van der Waals surface area contributed by atoms with E-state index in [0.29, 0.717) is 5.46 Å². The maximum atomic E-state index is 11.0. The van der Waals surface area contributed by atoms with Crippen molar-refractivity contribution >= 4 is 24.8 Å². The number of carbonyl (C=O) groups is 1. The van der Waals surface area contributed by atoms with Crippen LogP contribution in [-0.2, 0) is 0 Å². The van der Waals surface area contributed by atoms with Crippen molar-refractivity contribution in [1.82, 2.24) is 0 Å². The number of Topliss-reactive ketones (excluding diaryl/α,β-unsaturated/α-hetero) is 1. The summed E-state index contributed by atoms with van der Waals surface area (Å²) < 4.78 is 0. The van der Waals surface area contributed by atoms with E-state index in [9.17, 15) is 14.9 Å². The Bertz CT molecular complexity index is 376. The molecule has 1 aromatic rings. The summed E-state index contributed by atoms with van der Waals surface area (Å²) >= 11 is 0. The molecular weight excluding hydrogens is 169 g/mol. The fraction of sp³-hybridized carbons (Fsp3) is 0.125. The van der Waals surface area contributed by atoms with Crippen molar-refractivity contribution in [3.63, 3.8) is 0 Å². The minimum Gasteiger partial charge on any atom is -0.294 e. The lowest BCUT2D eigenvalue weighted by Crippen LogP contribution is -2.08. The van der Waals surface area contributed by atoms with Gasteiger partial charge in [0.25, 0.3) is 5.69 Å². The maximum absolute atomic E-state index is 11.0. The molecule has 0 unspecified atom stereocenters. The molecule has 2 radical (unpaired) electrons. The van der Waals surface area contributed by atoms with Crippen molar-refractivity contribution in [3.8, 4) is 0 Å². The van der Waals surface area contributed by atoms with E-state index in [0.717, 1.165) is 0 Å². The normalized spacial score (nSPS) is 9.62. The summed E-state index contributed by atoms with van der Waals surface area (Å²) in [5.74, 6) is -0.362. The van der Waals surface area contributed by atoms with Gasteiger partial charge >= 0.3 is 0 Å². The maximum Gasteiger partial charge on any atom is 0.280 e. The first-order chi connectivity index (χ1) is 6.02. The molecule has 0 aliphatic carbocycles. The van der Waals surface area contributed by atoms with E-state index in [4.69, 9.17) is 7.85 Å². The molecule has 0 fully saturated rings. The molecule has 0 atom stereocenters. The van der Waals surface area contributed by atoms with Gasteiger partial charge in [-0.2, -0.15) is 0 Å². The van der Waals surface area contributed by atoms with Gasteiger partial charge in [-0.15, -0.1) is 0 Å². The first kappa shape index (κ1) is 9.44. The van der Waals surface area contributed by atoms with Gasteiger partial charge in [0.2, 0.25) is 0 Å². The second-order valence-electron chi connectivity index (χ2n) is 2.59. The average molecular weight is 175 g/mol. The highest BCUT2D eigenvalue weighted by Gasteiger charge is 2.16. The van der Waals surface area contributed by atoms with Crippen molar-refractivity contribution in [1.29, 1.82) is 0 Å². The van der Waals surface area contributed by atoms with E-state index in [-0.39, 0.29) is 17.0 Å². The zero-order chi connectivity index (χ0) is 10.0. The van der Waals surface area contributed by atoms with E-state index in [2.05, 4.69) is 0 Å². The second-order valence-corrected chi connectivity index (χ2v) is 2.59. The van der Waals surface area contributed by atoms with Gasteiger partial charge in [-0.1, -0.05) is 17.6 Å². The second kappa shape index (κ2) is 3.39. The highest BCUT2D eigenvalue weighted by molar-refractivity contribution is 6.32. The molecule has 64 valence electrons. The topological polar surface area (TPSA) is 60.2 Å². The molecule has 1 aromatic carbocycles. The van der Waals surface area contributed by atoms with Gasteiger partial charge in [0.1, 0.15) is 7.85 Å². The van der Waals surface area contributed by atoms with Crippen molar-refractivity contribution < 1.29 is 9.72 Å². The highest BCUT2D eigenvalue weighted by atomic mass is 16.6. The lowest BCUT2D eigenvalue weighted by atomic mass is 9.93. The van der Waals surface area contributed by atoms with E-state index >= 15 is 0 Å². The standard InChI is InChI=1S/C8H6BNO3/c1-5(11)7-4-6(9)2-3-8(7)10(12)13/h2-4H,1H3. The van der Waals surface area contributed by atoms with Crippen LogP contribution in [0.25, 0.3) is 0 Å². The number of benzene rings is 1. The largest absolute Gasteiger partial charge is 0.294 e. The summed E-state index contributed by atoms with van der Waals surface area (Å²) in [4.78, 5) is 20.8. The number of carbonyl (C=O) groups excluding carboxylic acids is 1. The lowest BCUT2D eigenvalue weighted by molar-refractivity contribution is -0.385. The highest BCUT2D eigenvalue weighted by Crippen LogP contribution is 2.16. The molecule has 4 nitrogen and oxygen atoms in total. The van der Waals surface area contributed by atoms with Crippen LogP contribution in [0.3, 0.4) is 0 Å². The molecule has 1 rings (SSSR count). The fourth-order valence-electron chi connectivity index (χ4n) is 0.995. The summed E-state index contributed by atoms with van der Waals surface area (Å²) in [6, 6.07) is 3.93. The van der Waals surface area contributed by atoms with Crippen LogP contribution in [0.2, 0.25) is 0 Å². The van der Waals surface area contributed by atoms with Crippen molar-refractivity contribution in [2.45, 2.75) is 6.92 Å². The Labute approximate surface area is 76.1 Å². The van der Waals surface area contributed by atoms with Crippen LogP contribution >= 0.6 is 0 Å². The first-order valence-electron chi connectivity index (χ1n) is 3.57. The van der Waals surface area contributed by atoms with Crippen LogP contribution in [0.1, 0.15) is 17.3 Å². The van der Waals surface area contributed by atoms with Crippen LogP contribution in [0.4, 0.5) is 5.69 Å². The minimum absolute atomic E-state index is 0.0463. The van der Waals surface area contributed by atoms with Crippen LogP contribution < -0.4 is 5.46 Å². The molecule has 0 heterocycles.